The molecule has 1 aliphatic carbocycles. The van der Waals surface area contributed by atoms with Crippen LogP contribution in [0.25, 0.3) is 0 Å². The van der Waals surface area contributed by atoms with Crippen molar-refractivity contribution in [3.63, 3.8) is 0 Å². The summed E-state index contributed by atoms with van der Waals surface area (Å²) >= 11 is 0. The summed E-state index contributed by atoms with van der Waals surface area (Å²) in [6.45, 7) is 3.59. The number of nitrogens with two attached hydrogens (primary N) is 1. The van der Waals surface area contributed by atoms with Gasteiger partial charge < -0.3 is 4.74 Å². The van der Waals surface area contributed by atoms with Crippen molar-refractivity contribution < 1.29 is 17.9 Å². The number of carbonyl (C=O) groups is 1. The van der Waals surface area contributed by atoms with Gasteiger partial charge >= 0.3 is 5.97 Å². The first-order valence-electron chi connectivity index (χ1n) is 6.16. The minimum absolute atomic E-state index is 0.0889. The van der Waals surface area contributed by atoms with Gasteiger partial charge in [0.2, 0.25) is 10.0 Å². The summed E-state index contributed by atoms with van der Waals surface area (Å²) in [4.78, 5) is 11.7. The number of rotatable bonds is 5. The number of carbonyl (C=O) groups excluding carboxylic acids is 1. The molecule has 1 saturated carbocycles. The van der Waals surface area contributed by atoms with Crippen LogP contribution in [0.5, 0.6) is 0 Å². The first-order valence-corrected chi connectivity index (χ1v) is 7.71. The number of hydrogen-bond acceptors (Lipinski definition) is 5. The average molecular weight is 287 g/mol. The largest absolute Gasteiger partial charge is 0.458 e. The smallest absolute Gasteiger partial charge is 0.360 e. The second-order valence-electron chi connectivity index (χ2n) is 4.76. The predicted octanol–water partition coefficient (Wildman–Crippen LogP) is 0.890. The molecule has 19 heavy (non-hydrogen) atoms. The van der Waals surface area contributed by atoms with E-state index in [-0.39, 0.29) is 22.6 Å². The van der Waals surface area contributed by atoms with Crippen LogP contribution in [0.15, 0.2) is 4.90 Å². The van der Waals surface area contributed by atoms with Crippen LogP contribution in [0, 0.1) is 0 Å². The SMILES string of the molecule is CCC(C)OC(=O)c1n[nH]c(C2CC2)c1S(N)(=O)=O. The molecule has 1 aromatic heterocycles. The highest BCUT2D eigenvalue weighted by atomic mass is 32.2. The van der Waals surface area contributed by atoms with Crippen LogP contribution in [0.4, 0.5) is 0 Å². The minimum atomic E-state index is -4.01. The Morgan fingerprint density at radius 2 is 2.21 bits per heavy atom. The van der Waals surface area contributed by atoms with Crippen LogP contribution in [-0.2, 0) is 14.8 Å². The van der Waals surface area contributed by atoms with Crippen LogP contribution >= 0.6 is 0 Å². The zero-order valence-corrected chi connectivity index (χ0v) is 11.7. The lowest BCUT2D eigenvalue weighted by atomic mass is 10.2. The van der Waals surface area contributed by atoms with Gasteiger partial charge in [0.05, 0.1) is 11.8 Å². The third-order valence-corrected chi connectivity index (χ3v) is 4.08. The highest BCUT2D eigenvalue weighted by Crippen LogP contribution is 2.42. The summed E-state index contributed by atoms with van der Waals surface area (Å²) in [5, 5.41) is 11.6. The first kappa shape index (κ1) is 14.0. The molecular formula is C11H17N3O4S. The molecule has 1 aromatic rings. The molecule has 0 saturated heterocycles. The topological polar surface area (TPSA) is 115 Å². The molecule has 0 spiro atoms. The number of sulfonamides is 1. The van der Waals surface area contributed by atoms with Crippen LogP contribution in [0.3, 0.4) is 0 Å². The second-order valence-corrected chi connectivity index (χ2v) is 6.26. The van der Waals surface area contributed by atoms with Gasteiger partial charge in [0, 0.05) is 5.92 Å². The molecule has 2 rings (SSSR count). The van der Waals surface area contributed by atoms with Crippen LogP contribution in [0.1, 0.15) is 55.2 Å². The van der Waals surface area contributed by atoms with Crippen LogP contribution in [0.2, 0.25) is 0 Å². The number of primary sulfonamides is 1. The summed E-state index contributed by atoms with van der Waals surface area (Å²) in [7, 11) is -4.01. The Morgan fingerprint density at radius 1 is 1.58 bits per heavy atom. The molecule has 106 valence electrons. The van der Waals surface area contributed by atoms with Crippen molar-refractivity contribution >= 4 is 16.0 Å². The molecule has 1 atom stereocenters. The van der Waals surface area contributed by atoms with E-state index < -0.39 is 16.0 Å². The lowest BCUT2D eigenvalue weighted by molar-refractivity contribution is 0.0323. The molecule has 0 amide bonds. The van der Waals surface area contributed by atoms with Crippen LogP contribution in [-0.4, -0.2) is 30.7 Å². The van der Waals surface area contributed by atoms with Crippen molar-refractivity contribution in [3.8, 4) is 0 Å². The molecule has 1 unspecified atom stereocenters. The maximum Gasteiger partial charge on any atom is 0.360 e. The fraction of sp³-hybridized carbons (Fsp3) is 0.636. The van der Waals surface area contributed by atoms with Gasteiger partial charge in [0.25, 0.3) is 0 Å². The third kappa shape index (κ3) is 2.95. The Hall–Kier alpha value is -1.41. The third-order valence-electron chi connectivity index (χ3n) is 3.09. The zero-order valence-electron chi connectivity index (χ0n) is 10.8. The van der Waals surface area contributed by atoms with Gasteiger partial charge in [-0.3, -0.25) is 5.10 Å². The van der Waals surface area contributed by atoms with E-state index in [0.717, 1.165) is 12.8 Å². The molecule has 3 N–H and O–H groups in total. The lowest BCUT2D eigenvalue weighted by Gasteiger charge is -2.10. The van der Waals surface area contributed by atoms with Gasteiger partial charge in [-0.15, -0.1) is 0 Å². The molecule has 0 aliphatic heterocycles. The number of H-pyrrole nitrogens is 1. The van der Waals surface area contributed by atoms with E-state index >= 15 is 0 Å². The number of esters is 1. The quantitative estimate of drug-likeness (QED) is 0.780. The summed E-state index contributed by atoms with van der Waals surface area (Å²) in [6, 6.07) is 0. The normalized spacial score (nSPS) is 17.2. The van der Waals surface area contributed by atoms with Crippen molar-refractivity contribution in [2.24, 2.45) is 5.14 Å². The Morgan fingerprint density at radius 3 is 2.68 bits per heavy atom. The number of hydrogen-bond donors (Lipinski definition) is 2. The molecule has 0 radical (unpaired) electrons. The molecule has 8 heteroatoms. The standard InChI is InChI=1S/C11H17N3O4S/c1-3-6(2)18-11(15)9-10(19(12,16)17)8(13-14-9)7-4-5-7/h6-7H,3-5H2,1-2H3,(H,13,14)(H2,12,16,17). The van der Waals surface area contributed by atoms with Gasteiger partial charge in [0.1, 0.15) is 4.90 Å². The van der Waals surface area contributed by atoms with Gasteiger partial charge in [-0.2, -0.15) is 5.10 Å². The Bertz CT molecular complexity index is 589. The van der Waals surface area contributed by atoms with Gasteiger partial charge in [-0.25, -0.2) is 18.4 Å². The number of nitrogens with zero attached hydrogens (tertiary/aromatic N) is 1. The van der Waals surface area contributed by atoms with Gasteiger partial charge in [-0.05, 0) is 26.2 Å². The van der Waals surface area contributed by atoms with E-state index in [0.29, 0.717) is 12.1 Å². The van der Waals surface area contributed by atoms with E-state index in [1.165, 1.54) is 0 Å². The number of ether oxygens (including phenoxy) is 1. The van der Waals surface area contributed by atoms with E-state index in [1.807, 2.05) is 6.92 Å². The molecule has 0 aromatic carbocycles. The fourth-order valence-corrected chi connectivity index (χ4v) is 2.66. The first-order chi connectivity index (χ1) is 8.84. The second kappa shape index (κ2) is 4.93. The molecule has 1 fully saturated rings. The molecular weight excluding hydrogens is 270 g/mol. The number of aromatic amines is 1. The Labute approximate surface area is 111 Å². The van der Waals surface area contributed by atoms with Gasteiger partial charge in [-0.1, -0.05) is 6.92 Å². The monoisotopic (exact) mass is 287 g/mol. The van der Waals surface area contributed by atoms with Crippen LogP contribution < -0.4 is 5.14 Å². The average Bonchev–Trinajstić information content (AvgIpc) is 3.05. The van der Waals surface area contributed by atoms with Crippen molar-refractivity contribution in [1.82, 2.24) is 10.2 Å². The maximum absolute atomic E-state index is 11.9. The maximum atomic E-state index is 11.9. The van der Waals surface area contributed by atoms with Crippen molar-refractivity contribution in [1.29, 1.82) is 0 Å². The summed E-state index contributed by atoms with van der Waals surface area (Å²) in [6.07, 6.45) is 2.06. The minimum Gasteiger partial charge on any atom is -0.458 e. The predicted molar refractivity (Wildman–Crippen MR) is 67.1 cm³/mol. The van der Waals surface area contributed by atoms with Crippen molar-refractivity contribution in [2.45, 2.75) is 50.0 Å². The van der Waals surface area contributed by atoms with E-state index in [2.05, 4.69) is 10.2 Å². The van der Waals surface area contributed by atoms with Crippen molar-refractivity contribution in [3.05, 3.63) is 11.4 Å². The highest BCUT2D eigenvalue weighted by Gasteiger charge is 2.36. The molecule has 1 aliphatic rings. The Balaban J connectivity index is 2.38. The fourth-order valence-electron chi connectivity index (χ4n) is 1.74. The highest BCUT2D eigenvalue weighted by molar-refractivity contribution is 7.89. The summed E-state index contributed by atoms with van der Waals surface area (Å²) in [5.74, 6) is -0.674. The zero-order chi connectivity index (χ0) is 14.2. The van der Waals surface area contributed by atoms with Gasteiger partial charge in [0.15, 0.2) is 5.69 Å². The summed E-state index contributed by atoms with van der Waals surface area (Å²) < 4.78 is 28.4. The Kier molecular flexibility index (Phi) is 3.64. The van der Waals surface area contributed by atoms with Crippen molar-refractivity contribution in [2.75, 3.05) is 0 Å². The molecule has 0 bridgehead atoms. The summed E-state index contributed by atoms with van der Waals surface area (Å²) in [5.41, 5.74) is 0.170. The van der Waals surface area contributed by atoms with E-state index in [1.54, 1.807) is 6.92 Å². The number of aromatic nitrogens is 2. The lowest BCUT2D eigenvalue weighted by Crippen LogP contribution is -2.20. The van der Waals surface area contributed by atoms with E-state index in [9.17, 15) is 13.2 Å². The molecule has 7 nitrogen and oxygen atoms in total. The van der Waals surface area contributed by atoms with E-state index in [4.69, 9.17) is 9.88 Å². The number of nitrogens with one attached hydrogen (secondary N) is 1. The molecule has 1 heterocycles.